The topological polar surface area (TPSA) is 41.9 Å². The van der Waals surface area contributed by atoms with Gasteiger partial charge in [-0.1, -0.05) is 5.16 Å². The molecule has 106 valence electrons. The van der Waals surface area contributed by atoms with Crippen LogP contribution in [0.15, 0.2) is 22.9 Å². The minimum atomic E-state index is -2.81. The minimum Gasteiger partial charge on any atom is -0.363 e. The molecule has 1 fully saturated rings. The zero-order chi connectivity index (χ0) is 14.1. The van der Waals surface area contributed by atoms with Gasteiger partial charge in [-0.05, 0) is 31.1 Å². The van der Waals surface area contributed by atoms with Crippen molar-refractivity contribution in [2.24, 2.45) is 5.16 Å². The van der Waals surface area contributed by atoms with E-state index in [9.17, 15) is 13.6 Å². The van der Waals surface area contributed by atoms with Crippen molar-refractivity contribution in [1.82, 2.24) is 0 Å². The average Bonchev–Trinajstić information content (AvgIpc) is 3.12. The molecule has 2 aliphatic heterocycles. The van der Waals surface area contributed by atoms with E-state index < -0.39 is 18.1 Å². The fraction of sp³-hybridized carbons (Fsp3) is 0.385. The van der Waals surface area contributed by atoms with Gasteiger partial charge in [-0.3, -0.25) is 0 Å². The second-order valence-electron chi connectivity index (χ2n) is 4.58. The van der Waals surface area contributed by atoms with Gasteiger partial charge in [0.1, 0.15) is 0 Å². The van der Waals surface area contributed by atoms with Gasteiger partial charge in [-0.15, -0.1) is 11.3 Å². The monoisotopic (exact) mass is 298 g/mol. The summed E-state index contributed by atoms with van der Waals surface area (Å²) in [5.74, 6) is -0.823. The van der Waals surface area contributed by atoms with E-state index in [4.69, 9.17) is 0 Å². The van der Waals surface area contributed by atoms with E-state index >= 15 is 0 Å². The molecule has 0 N–H and O–H groups in total. The quantitative estimate of drug-likeness (QED) is 0.636. The maximum absolute atomic E-state index is 12.7. The van der Waals surface area contributed by atoms with Gasteiger partial charge in [-0.25, -0.2) is 13.6 Å². The molecule has 0 spiro atoms. The summed E-state index contributed by atoms with van der Waals surface area (Å²) in [6, 6.07) is 3.77. The predicted molar refractivity (Wildman–Crippen MR) is 73.3 cm³/mol. The highest BCUT2D eigenvalue weighted by Gasteiger charge is 2.32. The summed E-state index contributed by atoms with van der Waals surface area (Å²) in [5, 5.41) is 4.21. The number of carbonyl (C=O) groups excluding carboxylic acids is 1. The van der Waals surface area contributed by atoms with E-state index in [1.807, 2.05) is 12.1 Å². The van der Waals surface area contributed by atoms with Crippen LogP contribution in [0.1, 0.15) is 17.7 Å². The number of carbonyl (C=O) groups is 1. The Morgan fingerprint density at radius 2 is 2.10 bits per heavy atom. The van der Waals surface area contributed by atoms with Crippen LogP contribution in [0.3, 0.4) is 0 Å². The summed E-state index contributed by atoms with van der Waals surface area (Å²) in [6.07, 6.45) is 0.946. The number of hydrogen-bond donors (Lipinski definition) is 0. The molecular formula is C13H12F2N2O2S. The highest BCUT2D eigenvalue weighted by atomic mass is 32.1. The van der Waals surface area contributed by atoms with E-state index in [2.05, 4.69) is 14.9 Å². The van der Waals surface area contributed by atoms with Crippen molar-refractivity contribution in [1.29, 1.82) is 0 Å². The molecule has 4 nitrogen and oxygen atoms in total. The van der Waals surface area contributed by atoms with Crippen LogP contribution in [0.25, 0.3) is 6.08 Å². The molecule has 20 heavy (non-hydrogen) atoms. The Balaban J connectivity index is 1.84. The Morgan fingerprint density at radius 1 is 1.35 bits per heavy atom. The van der Waals surface area contributed by atoms with E-state index in [0.717, 1.165) is 23.0 Å². The Morgan fingerprint density at radius 3 is 2.80 bits per heavy atom. The minimum absolute atomic E-state index is 0.158. The molecule has 7 heteroatoms. The second-order valence-corrected chi connectivity index (χ2v) is 5.68. The van der Waals surface area contributed by atoms with Crippen LogP contribution < -0.4 is 4.90 Å². The van der Waals surface area contributed by atoms with Crippen molar-refractivity contribution in [3.05, 3.63) is 22.6 Å². The molecule has 0 aromatic carbocycles. The fourth-order valence-corrected chi connectivity index (χ4v) is 3.26. The first-order valence-electron chi connectivity index (χ1n) is 6.29. The van der Waals surface area contributed by atoms with E-state index in [-0.39, 0.29) is 5.57 Å². The summed E-state index contributed by atoms with van der Waals surface area (Å²) in [6.45, 7) is 2.03. The van der Waals surface area contributed by atoms with Crippen molar-refractivity contribution in [3.63, 3.8) is 0 Å². The zero-order valence-electron chi connectivity index (χ0n) is 10.5. The van der Waals surface area contributed by atoms with Gasteiger partial charge in [0.15, 0.2) is 5.71 Å². The molecular weight excluding hydrogens is 286 g/mol. The lowest BCUT2D eigenvalue weighted by Crippen LogP contribution is -2.15. The summed E-state index contributed by atoms with van der Waals surface area (Å²) in [7, 11) is 0. The number of rotatable bonds is 3. The molecule has 1 aromatic rings. The van der Waals surface area contributed by atoms with Crippen LogP contribution in [0.2, 0.25) is 0 Å². The van der Waals surface area contributed by atoms with Crippen molar-refractivity contribution in [2.75, 3.05) is 18.0 Å². The SMILES string of the molecule is O=C1ON=C(C(F)F)/C1=C/c1ccc(N2CCCC2)s1. The number of oxime groups is 1. The van der Waals surface area contributed by atoms with Crippen LogP contribution in [-0.2, 0) is 9.63 Å². The number of anilines is 1. The molecule has 0 bridgehead atoms. The van der Waals surface area contributed by atoms with Crippen molar-refractivity contribution in [2.45, 2.75) is 19.3 Å². The normalized spacial score (nSPS) is 20.9. The van der Waals surface area contributed by atoms with Crippen molar-refractivity contribution >= 4 is 34.1 Å². The van der Waals surface area contributed by atoms with Crippen LogP contribution in [0, 0.1) is 0 Å². The summed E-state index contributed by atoms with van der Waals surface area (Å²) in [5.41, 5.74) is -0.749. The van der Waals surface area contributed by atoms with Gasteiger partial charge in [0.2, 0.25) is 0 Å². The van der Waals surface area contributed by atoms with E-state index in [1.54, 1.807) is 0 Å². The predicted octanol–water partition coefficient (Wildman–Crippen LogP) is 2.91. The number of halogens is 2. The summed E-state index contributed by atoms with van der Waals surface area (Å²) < 4.78 is 25.4. The first-order chi connectivity index (χ1) is 9.65. The van der Waals surface area contributed by atoms with Gasteiger partial charge in [-0.2, -0.15) is 0 Å². The molecule has 0 aliphatic carbocycles. The second kappa shape index (κ2) is 5.32. The molecule has 1 saturated heterocycles. The molecule has 0 radical (unpaired) electrons. The first kappa shape index (κ1) is 13.2. The zero-order valence-corrected chi connectivity index (χ0v) is 11.3. The lowest BCUT2D eigenvalue weighted by molar-refractivity contribution is -0.136. The molecule has 0 atom stereocenters. The van der Waals surface area contributed by atoms with Crippen LogP contribution in [0.4, 0.5) is 13.8 Å². The maximum Gasteiger partial charge on any atom is 0.367 e. The van der Waals surface area contributed by atoms with Gasteiger partial charge in [0.05, 0.1) is 10.6 Å². The van der Waals surface area contributed by atoms with E-state index in [0.29, 0.717) is 0 Å². The number of thiophene rings is 1. The molecule has 3 heterocycles. The van der Waals surface area contributed by atoms with Crippen molar-refractivity contribution < 1.29 is 18.4 Å². The fourth-order valence-electron chi connectivity index (χ4n) is 2.25. The third-order valence-corrected chi connectivity index (χ3v) is 4.34. The largest absolute Gasteiger partial charge is 0.367 e. The van der Waals surface area contributed by atoms with Crippen molar-refractivity contribution in [3.8, 4) is 0 Å². The molecule has 2 aliphatic rings. The molecule has 0 unspecified atom stereocenters. The molecule has 0 saturated carbocycles. The smallest absolute Gasteiger partial charge is 0.363 e. The third kappa shape index (κ3) is 2.45. The maximum atomic E-state index is 12.7. The van der Waals surface area contributed by atoms with Crippen LogP contribution in [0.5, 0.6) is 0 Å². The van der Waals surface area contributed by atoms with Gasteiger partial charge < -0.3 is 9.74 Å². The number of nitrogens with zero attached hydrogens (tertiary/aromatic N) is 2. The van der Waals surface area contributed by atoms with Crippen LogP contribution >= 0.6 is 11.3 Å². The number of alkyl halides is 2. The van der Waals surface area contributed by atoms with Gasteiger partial charge >= 0.3 is 5.97 Å². The highest BCUT2D eigenvalue weighted by Crippen LogP contribution is 2.31. The highest BCUT2D eigenvalue weighted by molar-refractivity contribution is 7.17. The Hall–Kier alpha value is -1.76. The standard InChI is InChI=1S/C13H12F2N2O2S/c14-12(15)11-9(13(18)19-16-11)7-8-3-4-10(20-8)17-5-1-2-6-17/h3-4,7,12H,1-2,5-6H2/b9-7-. The van der Waals surface area contributed by atoms with Gasteiger partial charge in [0, 0.05) is 18.0 Å². The lowest BCUT2D eigenvalue weighted by atomic mass is 10.1. The van der Waals surface area contributed by atoms with E-state index in [1.165, 1.54) is 30.3 Å². The summed E-state index contributed by atoms with van der Waals surface area (Å²) in [4.78, 5) is 18.7. The number of hydrogen-bond acceptors (Lipinski definition) is 5. The molecule has 0 amide bonds. The Labute approximate surface area is 118 Å². The Kier molecular flexibility index (Phi) is 3.52. The molecule has 1 aromatic heterocycles. The Bertz CT molecular complexity index is 589. The summed E-state index contributed by atoms with van der Waals surface area (Å²) >= 11 is 1.47. The average molecular weight is 298 g/mol. The first-order valence-corrected chi connectivity index (χ1v) is 7.11. The van der Waals surface area contributed by atoms with Crippen LogP contribution in [-0.4, -0.2) is 31.2 Å². The molecule has 3 rings (SSSR count). The lowest BCUT2D eigenvalue weighted by Gasteiger charge is -2.13. The third-order valence-electron chi connectivity index (χ3n) is 3.25. The van der Waals surface area contributed by atoms with Gasteiger partial charge in [0.25, 0.3) is 6.43 Å².